The first-order chi connectivity index (χ1) is 14.2. The number of unbranched alkanes of at least 4 members (excludes halogenated alkanes) is 1. The van der Waals surface area contributed by atoms with Crippen LogP contribution in [-0.4, -0.2) is 29.1 Å². The molecule has 2 rings (SSSR count). The summed E-state index contributed by atoms with van der Waals surface area (Å²) in [6.45, 7) is 9.06. The van der Waals surface area contributed by atoms with Gasteiger partial charge in [0, 0.05) is 17.0 Å². The minimum atomic E-state index is -1.08. The van der Waals surface area contributed by atoms with Gasteiger partial charge in [-0.15, -0.1) is 0 Å². The molecule has 164 valence electrons. The van der Waals surface area contributed by atoms with E-state index in [2.05, 4.69) is 12.2 Å². The van der Waals surface area contributed by atoms with Gasteiger partial charge in [-0.05, 0) is 50.3 Å². The van der Waals surface area contributed by atoms with E-state index in [1.807, 2.05) is 13.0 Å². The van der Waals surface area contributed by atoms with Crippen molar-refractivity contribution in [1.82, 2.24) is 5.32 Å². The molecule has 0 radical (unpaired) electrons. The fourth-order valence-electron chi connectivity index (χ4n) is 3.31. The number of aliphatic carboxylic acids is 1. The van der Waals surface area contributed by atoms with Crippen molar-refractivity contribution in [3.63, 3.8) is 0 Å². The number of nitrogens with one attached hydrogen (secondary N) is 1. The molecular weight excluding hydrogens is 386 g/mol. The second kappa shape index (κ2) is 10.3. The van der Waals surface area contributed by atoms with Gasteiger partial charge in [-0.3, -0.25) is 4.79 Å². The molecule has 0 aliphatic heterocycles. The zero-order valence-corrected chi connectivity index (χ0v) is 18.3. The van der Waals surface area contributed by atoms with Crippen molar-refractivity contribution in [3.05, 3.63) is 39.7 Å². The highest BCUT2D eigenvalue weighted by Crippen LogP contribution is 2.29. The standard InChI is InChI=1S/C23H31NO6/c1-6-8-9-16-12-19(25)30-21-14(4)18(11-10-17(16)21)29-15(5)22(26)24-20(23(27)28)13(3)7-2/h10-13,15,20H,6-9H2,1-5H3,(H,24,26)(H,27,28)/t13-,15+,20+/m1/s1. The molecule has 1 amide bonds. The predicted octanol–water partition coefficient (Wildman–Crippen LogP) is 3.83. The summed E-state index contributed by atoms with van der Waals surface area (Å²) in [4.78, 5) is 36.0. The molecule has 2 N–H and O–H groups in total. The van der Waals surface area contributed by atoms with Crippen molar-refractivity contribution in [1.29, 1.82) is 0 Å². The third kappa shape index (κ3) is 5.40. The molecule has 1 heterocycles. The number of amides is 1. The first-order valence-electron chi connectivity index (χ1n) is 10.5. The molecule has 0 spiro atoms. The summed E-state index contributed by atoms with van der Waals surface area (Å²) in [6, 6.07) is 4.12. The second-order valence-electron chi connectivity index (χ2n) is 7.73. The van der Waals surface area contributed by atoms with E-state index >= 15 is 0 Å². The Bertz CT molecular complexity index is 964. The Morgan fingerprint density at radius 1 is 1.23 bits per heavy atom. The molecule has 1 aromatic carbocycles. The van der Waals surface area contributed by atoms with Crippen molar-refractivity contribution < 1.29 is 23.8 Å². The second-order valence-corrected chi connectivity index (χ2v) is 7.73. The first-order valence-corrected chi connectivity index (χ1v) is 10.5. The topological polar surface area (TPSA) is 106 Å². The molecule has 3 atom stereocenters. The van der Waals surface area contributed by atoms with Crippen molar-refractivity contribution >= 4 is 22.8 Å². The van der Waals surface area contributed by atoms with Crippen LogP contribution in [0.2, 0.25) is 0 Å². The summed E-state index contributed by atoms with van der Waals surface area (Å²) in [7, 11) is 0. The number of aryl methyl sites for hydroxylation is 2. The van der Waals surface area contributed by atoms with Gasteiger partial charge in [-0.25, -0.2) is 9.59 Å². The molecule has 1 aromatic heterocycles. The van der Waals surface area contributed by atoms with E-state index in [1.165, 1.54) is 6.07 Å². The summed E-state index contributed by atoms with van der Waals surface area (Å²) in [6.07, 6.45) is 2.47. The van der Waals surface area contributed by atoms with E-state index in [9.17, 15) is 19.5 Å². The number of carboxylic acid groups (broad SMARTS) is 1. The maximum atomic E-state index is 12.5. The van der Waals surface area contributed by atoms with E-state index in [4.69, 9.17) is 9.15 Å². The van der Waals surface area contributed by atoms with E-state index in [-0.39, 0.29) is 5.92 Å². The van der Waals surface area contributed by atoms with Crippen LogP contribution in [0.4, 0.5) is 0 Å². The fourth-order valence-corrected chi connectivity index (χ4v) is 3.31. The minimum absolute atomic E-state index is 0.211. The molecular formula is C23H31NO6. The van der Waals surface area contributed by atoms with Crippen LogP contribution < -0.4 is 15.7 Å². The molecule has 7 nitrogen and oxygen atoms in total. The molecule has 0 saturated heterocycles. The Balaban J connectivity index is 2.26. The van der Waals surface area contributed by atoms with Gasteiger partial charge >= 0.3 is 11.6 Å². The highest BCUT2D eigenvalue weighted by molar-refractivity contribution is 5.87. The van der Waals surface area contributed by atoms with Crippen molar-refractivity contribution in [3.8, 4) is 5.75 Å². The lowest BCUT2D eigenvalue weighted by molar-refractivity contribution is -0.144. The lowest BCUT2D eigenvalue weighted by Gasteiger charge is -2.23. The zero-order chi connectivity index (χ0) is 22.4. The Labute approximate surface area is 176 Å². The number of carbonyl (C=O) groups excluding carboxylic acids is 1. The quantitative estimate of drug-likeness (QED) is 0.569. The van der Waals surface area contributed by atoms with Gasteiger partial charge in [0.1, 0.15) is 17.4 Å². The molecule has 30 heavy (non-hydrogen) atoms. The molecule has 0 bridgehead atoms. The van der Waals surface area contributed by atoms with Crippen LogP contribution in [0, 0.1) is 12.8 Å². The number of hydrogen-bond acceptors (Lipinski definition) is 5. The number of carbonyl (C=O) groups is 2. The average molecular weight is 418 g/mol. The summed E-state index contributed by atoms with van der Waals surface area (Å²) in [5.74, 6) is -1.39. The van der Waals surface area contributed by atoms with Crippen molar-refractivity contribution in [2.45, 2.75) is 72.4 Å². The lowest BCUT2D eigenvalue weighted by atomic mass is 9.99. The smallest absolute Gasteiger partial charge is 0.336 e. The van der Waals surface area contributed by atoms with E-state index < -0.39 is 29.6 Å². The Kier molecular flexibility index (Phi) is 8.03. The third-order valence-corrected chi connectivity index (χ3v) is 5.45. The minimum Gasteiger partial charge on any atom is -0.480 e. The van der Waals surface area contributed by atoms with Crippen LogP contribution in [-0.2, 0) is 16.0 Å². The monoisotopic (exact) mass is 417 g/mol. The highest BCUT2D eigenvalue weighted by atomic mass is 16.5. The van der Waals surface area contributed by atoms with Gasteiger partial charge in [0.25, 0.3) is 5.91 Å². The maximum absolute atomic E-state index is 12.5. The van der Waals surface area contributed by atoms with Crippen molar-refractivity contribution in [2.24, 2.45) is 5.92 Å². The van der Waals surface area contributed by atoms with Crippen LogP contribution >= 0.6 is 0 Å². The molecule has 0 aliphatic carbocycles. The van der Waals surface area contributed by atoms with Crippen LogP contribution in [0.5, 0.6) is 5.75 Å². The number of hydrogen-bond donors (Lipinski definition) is 2. The van der Waals surface area contributed by atoms with E-state index in [0.717, 1.165) is 30.2 Å². The van der Waals surface area contributed by atoms with E-state index in [1.54, 1.807) is 26.8 Å². The molecule has 2 aromatic rings. The molecule has 0 saturated carbocycles. The summed E-state index contributed by atoms with van der Waals surface area (Å²) in [5.41, 5.74) is 1.58. The Morgan fingerprint density at radius 3 is 2.53 bits per heavy atom. The van der Waals surface area contributed by atoms with Gasteiger partial charge in [0.05, 0.1) is 0 Å². The fraction of sp³-hybridized carbons (Fsp3) is 0.522. The first kappa shape index (κ1) is 23.4. The molecule has 0 aliphatic rings. The molecule has 7 heteroatoms. The van der Waals surface area contributed by atoms with Gasteiger partial charge in [-0.1, -0.05) is 33.6 Å². The number of rotatable bonds is 10. The Hall–Kier alpha value is -2.83. The van der Waals surface area contributed by atoms with E-state index in [0.29, 0.717) is 23.3 Å². The number of fused-ring (bicyclic) bond motifs is 1. The van der Waals surface area contributed by atoms with Crippen LogP contribution in [0.3, 0.4) is 0 Å². The largest absolute Gasteiger partial charge is 0.480 e. The SMILES string of the molecule is CCCCc1cc(=O)oc2c(C)c(O[C@@H](C)C(=O)N[C@H](C(=O)O)[C@H](C)CC)ccc12. The molecule has 0 unspecified atom stereocenters. The zero-order valence-electron chi connectivity index (χ0n) is 18.3. The average Bonchev–Trinajstić information content (AvgIpc) is 2.71. The van der Waals surface area contributed by atoms with Gasteiger partial charge in [0.15, 0.2) is 6.10 Å². The lowest BCUT2D eigenvalue weighted by Crippen LogP contribution is -2.49. The van der Waals surface area contributed by atoms with Crippen LogP contribution in [0.15, 0.2) is 27.4 Å². The number of carboxylic acids is 1. The number of benzene rings is 1. The van der Waals surface area contributed by atoms with Crippen molar-refractivity contribution in [2.75, 3.05) is 0 Å². The summed E-state index contributed by atoms with van der Waals surface area (Å²) < 4.78 is 11.2. The maximum Gasteiger partial charge on any atom is 0.336 e. The number of ether oxygens (including phenoxy) is 1. The predicted molar refractivity (Wildman–Crippen MR) is 115 cm³/mol. The van der Waals surface area contributed by atoms with Gasteiger partial charge < -0.3 is 19.6 Å². The third-order valence-electron chi connectivity index (χ3n) is 5.45. The summed E-state index contributed by atoms with van der Waals surface area (Å²) in [5, 5.41) is 12.8. The summed E-state index contributed by atoms with van der Waals surface area (Å²) >= 11 is 0. The highest BCUT2D eigenvalue weighted by Gasteiger charge is 2.28. The van der Waals surface area contributed by atoms with Gasteiger partial charge in [-0.2, -0.15) is 0 Å². The van der Waals surface area contributed by atoms with Crippen LogP contribution in [0.25, 0.3) is 11.0 Å². The van der Waals surface area contributed by atoms with Gasteiger partial charge in [0.2, 0.25) is 0 Å². The molecule has 0 fully saturated rings. The normalized spacial score (nSPS) is 14.2. The van der Waals surface area contributed by atoms with Crippen LogP contribution in [0.1, 0.15) is 58.1 Å². The Morgan fingerprint density at radius 2 is 1.93 bits per heavy atom.